The Kier molecular flexibility index (Phi) is 3.42. The highest BCUT2D eigenvalue weighted by Gasteiger charge is 2.11. The van der Waals surface area contributed by atoms with E-state index in [0.29, 0.717) is 5.69 Å². The highest BCUT2D eigenvalue weighted by Crippen LogP contribution is 2.12. The molecule has 0 atom stereocenters. The van der Waals surface area contributed by atoms with Gasteiger partial charge in [0.1, 0.15) is 17.5 Å². The van der Waals surface area contributed by atoms with Crippen LogP contribution in [0.2, 0.25) is 0 Å². The van der Waals surface area contributed by atoms with E-state index in [1.165, 1.54) is 24.4 Å². The lowest BCUT2D eigenvalue weighted by atomic mass is 10.3. The number of carbonyl (C=O) groups excluding carboxylic acids is 1. The monoisotopic (exact) mass is 262 g/mol. The van der Waals surface area contributed by atoms with Crippen molar-refractivity contribution in [2.75, 3.05) is 10.6 Å². The minimum atomic E-state index is -0.600. The molecule has 0 bridgehead atoms. The van der Waals surface area contributed by atoms with Crippen LogP contribution in [-0.4, -0.2) is 22.1 Å². The van der Waals surface area contributed by atoms with Crippen LogP contribution in [0.25, 0.3) is 0 Å². The number of anilines is 2. The number of urea groups is 1. The molecule has 0 fully saturated rings. The minimum absolute atomic E-state index is 0.196. The Bertz CT molecular complexity index is 623. The number of hydrogen-bond donors (Lipinski definition) is 5. The summed E-state index contributed by atoms with van der Waals surface area (Å²) in [4.78, 5) is 11.7. The number of rotatable bonds is 3. The number of nitrogens with two attached hydrogens (primary N) is 1. The number of amides is 2. The number of nitrogens with one attached hydrogen (secondary N) is 4. The largest absolute Gasteiger partial charge is 0.384 e. The van der Waals surface area contributed by atoms with Crippen molar-refractivity contribution in [1.82, 2.24) is 10.2 Å². The molecule has 0 radical (unpaired) electrons. The van der Waals surface area contributed by atoms with Crippen LogP contribution in [0.4, 0.5) is 20.7 Å². The second-order valence-electron chi connectivity index (χ2n) is 3.66. The van der Waals surface area contributed by atoms with Crippen molar-refractivity contribution in [3.8, 4) is 0 Å². The molecule has 0 spiro atoms. The normalized spacial score (nSPS) is 9.95. The number of aromatic amines is 1. The van der Waals surface area contributed by atoms with Gasteiger partial charge in [0.15, 0.2) is 0 Å². The van der Waals surface area contributed by atoms with Gasteiger partial charge in [0, 0.05) is 5.69 Å². The minimum Gasteiger partial charge on any atom is -0.384 e. The summed E-state index contributed by atoms with van der Waals surface area (Å²) in [7, 11) is 0. The van der Waals surface area contributed by atoms with E-state index in [-0.39, 0.29) is 17.2 Å². The average molecular weight is 262 g/mol. The third kappa shape index (κ3) is 3.06. The Morgan fingerprint density at radius 3 is 2.89 bits per heavy atom. The molecular weight excluding hydrogens is 251 g/mol. The predicted octanol–water partition coefficient (Wildman–Crippen LogP) is 1.48. The summed E-state index contributed by atoms with van der Waals surface area (Å²) >= 11 is 0. The van der Waals surface area contributed by atoms with Crippen molar-refractivity contribution >= 4 is 23.4 Å². The number of nitrogens with zero attached hydrogens (tertiary/aromatic N) is 1. The van der Waals surface area contributed by atoms with E-state index in [9.17, 15) is 9.18 Å². The fraction of sp³-hybridized carbons (Fsp3) is 0. The Labute approximate surface area is 107 Å². The summed E-state index contributed by atoms with van der Waals surface area (Å²) < 4.78 is 12.9. The fourth-order valence-electron chi connectivity index (χ4n) is 1.43. The van der Waals surface area contributed by atoms with Crippen molar-refractivity contribution in [2.45, 2.75) is 0 Å². The summed E-state index contributed by atoms with van der Waals surface area (Å²) in [6.07, 6.45) is 1.32. The summed E-state index contributed by atoms with van der Waals surface area (Å²) in [5.74, 6) is -0.486. The number of amidine groups is 1. The van der Waals surface area contributed by atoms with Crippen LogP contribution < -0.4 is 16.4 Å². The van der Waals surface area contributed by atoms with Gasteiger partial charge in [0.25, 0.3) is 0 Å². The molecule has 8 heteroatoms. The van der Waals surface area contributed by atoms with Gasteiger partial charge in [-0.25, -0.2) is 9.18 Å². The Hall–Kier alpha value is -2.90. The number of H-pyrrole nitrogens is 1. The first-order chi connectivity index (χ1) is 9.06. The summed E-state index contributed by atoms with van der Waals surface area (Å²) in [5.41, 5.74) is 5.89. The second kappa shape index (κ2) is 5.17. The van der Waals surface area contributed by atoms with E-state index < -0.39 is 11.8 Å². The van der Waals surface area contributed by atoms with Gasteiger partial charge < -0.3 is 11.1 Å². The third-order valence-corrected chi connectivity index (χ3v) is 2.25. The first kappa shape index (κ1) is 12.6. The summed E-state index contributed by atoms with van der Waals surface area (Å²) in [6.45, 7) is 0. The molecule has 0 unspecified atom stereocenters. The number of hydrogen-bond acceptors (Lipinski definition) is 3. The Morgan fingerprint density at radius 2 is 2.21 bits per heavy atom. The van der Waals surface area contributed by atoms with Gasteiger partial charge >= 0.3 is 6.03 Å². The van der Waals surface area contributed by atoms with E-state index in [1.54, 1.807) is 6.07 Å². The van der Waals surface area contributed by atoms with E-state index in [0.717, 1.165) is 0 Å². The highest BCUT2D eigenvalue weighted by molar-refractivity contribution is 6.05. The maximum absolute atomic E-state index is 12.9. The zero-order chi connectivity index (χ0) is 13.8. The van der Waals surface area contributed by atoms with E-state index >= 15 is 0 Å². The number of aromatic nitrogens is 2. The Balaban J connectivity index is 2.05. The number of nitrogen functional groups attached to an aromatic ring is 1. The fourth-order valence-corrected chi connectivity index (χ4v) is 1.43. The zero-order valence-corrected chi connectivity index (χ0v) is 9.70. The lowest BCUT2D eigenvalue weighted by Gasteiger charge is -2.07. The summed E-state index contributed by atoms with van der Waals surface area (Å²) in [5, 5.41) is 18.3. The van der Waals surface area contributed by atoms with Gasteiger partial charge in [-0.2, -0.15) is 5.10 Å². The maximum atomic E-state index is 12.9. The molecule has 98 valence electrons. The van der Waals surface area contributed by atoms with Crippen LogP contribution in [0.15, 0.2) is 30.5 Å². The van der Waals surface area contributed by atoms with E-state index in [2.05, 4.69) is 20.8 Å². The smallest absolute Gasteiger partial charge is 0.324 e. The van der Waals surface area contributed by atoms with Gasteiger partial charge in [-0.1, -0.05) is 6.07 Å². The van der Waals surface area contributed by atoms with E-state index in [1.807, 2.05) is 0 Å². The molecule has 0 aliphatic rings. The van der Waals surface area contributed by atoms with Crippen molar-refractivity contribution < 1.29 is 9.18 Å². The van der Waals surface area contributed by atoms with Crippen molar-refractivity contribution in [2.24, 2.45) is 5.73 Å². The quantitative estimate of drug-likeness (QED) is 0.425. The lowest BCUT2D eigenvalue weighted by Crippen LogP contribution is -2.22. The molecule has 0 aliphatic carbocycles. The van der Waals surface area contributed by atoms with Gasteiger partial charge in [0.2, 0.25) is 0 Å². The molecule has 0 aliphatic heterocycles. The first-order valence-corrected chi connectivity index (χ1v) is 5.27. The SMILES string of the molecule is N=C(N)c1cn[nH]c1NC(=O)Nc1cccc(F)c1. The van der Waals surface area contributed by atoms with E-state index in [4.69, 9.17) is 11.1 Å². The van der Waals surface area contributed by atoms with Crippen LogP contribution in [0.1, 0.15) is 5.56 Å². The number of carbonyl (C=O) groups is 1. The third-order valence-electron chi connectivity index (χ3n) is 2.25. The highest BCUT2D eigenvalue weighted by atomic mass is 19.1. The topological polar surface area (TPSA) is 120 Å². The van der Waals surface area contributed by atoms with Crippen molar-refractivity contribution in [3.63, 3.8) is 0 Å². The second-order valence-corrected chi connectivity index (χ2v) is 3.66. The van der Waals surface area contributed by atoms with Crippen LogP contribution in [0, 0.1) is 11.2 Å². The molecule has 2 aromatic rings. The molecule has 2 amide bonds. The van der Waals surface area contributed by atoms with Crippen LogP contribution >= 0.6 is 0 Å². The predicted molar refractivity (Wildman–Crippen MR) is 68.6 cm³/mol. The molecule has 0 saturated heterocycles. The van der Waals surface area contributed by atoms with Crippen molar-refractivity contribution in [3.05, 3.63) is 41.8 Å². The Morgan fingerprint density at radius 1 is 1.42 bits per heavy atom. The number of benzene rings is 1. The molecule has 6 N–H and O–H groups in total. The average Bonchev–Trinajstić information content (AvgIpc) is 2.76. The molecular formula is C11H11FN6O. The van der Waals surface area contributed by atoms with Crippen LogP contribution in [0.3, 0.4) is 0 Å². The van der Waals surface area contributed by atoms with Gasteiger partial charge in [-0.05, 0) is 18.2 Å². The summed E-state index contributed by atoms with van der Waals surface area (Å²) in [6, 6.07) is 4.87. The van der Waals surface area contributed by atoms with Crippen molar-refractivity contribution in [1.29, 1.82) is 5.41 Å². The number of halogens is 1. The van der Waals surface area contributed by atoms with Crippen LogP contribution in [0.5, 0.6) is 0 Å². The molecule has 1 aromatic carbocycles. The molecule has 1 heterocycles. The van der Waals surface area contributed by atoms with Gasteiger partial charge in [-0.15, -0.1) is 0 Å². The molecule has 7 nitrogen and oxygen atoms in total. The standard InChI is InChI=1S/C11H11FN6O/c12-6-2-1-3-7(4-6)16-11(19)17-10-8(9(13)14)5-15-18-10/h1-5H,(H3,13,14)(H3,15,16,17,18,19). The van der Waals surface area contributed by atoms with Gasteiger partial charge in [0.05, 0.1) is 11.8 Å². The zero-order valence-electron chi connectivity index (χ0n) is 9.70. The molecule has 0 saturated carbocycles. The molecule has 19 heavy (non-hydrogen) atoms. The molecule has 1 aromatic heterocycles. The first-order valence-electron chi connectivity index (χ1n) is 5.27. The maximum Gasteiger partial charge on any atom is 0.324 e. The lowest BCUT2D eigenvalue weighted by molar-refractivity contribution is 0.262. The molecule has 2 rings (SSSR count). The van der Waals surface area contributed by atoms with Crippen LogP contribution in [-0.2, 0) is 0 Å². The van der Waals surface area contributed by atoms with Gasteiger partial charge in [-0.3, -0.25) is 15.8 Å².